The van der Waals surface area contributed by atoms with Gasteiger partial charge in [-0.2, -0.15) is 5.10 Å². The molecule has 1 heterocycles. The largest absolute Gasteiger partial charge is 0.573 e. The first-order valence-corrected chi connectivity index (χ1v) is 9.38. The summed E-state index contributed by atoms with van der Waals surface area (Å²) in [6.07, 6.45) is -7.22. The number of carboxylic acid groups (broad SMARTS) is 1. The number of hydrogen-bond acceptors (Lipinski definition) is 6. The third-order valence-corrected chi connectivity index (χ3v) is 5.15. The predicted octanol–water partition coefficient (Wildman–Crippen LogP) is 3.07. The molecular formula is C21H16F4N2O5. The van der Waals surface area contributed by atoms with Crippen molar-refractivity contribution in [1.82, 2.24) is 0 Å². The first-order valence-electron chi connectivity index (χ1n) is 9.38. The molecule has 0 radical (unpaired) electrons. The van der Waals surface area contributed by atoms with Crippen molar-refractivity contribution in [3.05, 3.63) is 59.4 Å². The highest BCUT2D eigenvalue weighted by molar-refractivity contribution is 6.43. The molecule has 11 heteroatoms. The van der Waals surface area contributed by atoms with Crippen LogP contribution in [-0.4, -0.2) is 52.1 Å². The zero-order valence-corrected chi connectivity index (χ0v) is 16.2. The van der Waals surface area contributed by atoms with E-state index in [1.807, 2.05) is 0 Å². The summed E-state index contributed by atoms with van der Waals surface area (Å²) in [5.41, 5.74) is 0.204. The van der Waals surface area contributed by atoms with E-state index in [4.69, 9.17) is 0 Å². The van der Waals surface area contributed by atoms with Gasteiger partial charge < -0.3 is 20.1 Å². The van der Waals surface area contributed by atoms with Crippen LogP contribution in [-0.2, 0) is 4.79 Å². The lowest BCUT2D eigenvalue weighted by Gasteiger charge is -2.27. The maximum Gasteiger partial charge on any atom is 0.573 e. The first-order chi connectivity index (χ1) is 15.0. The molecule has 32 heavy (non-hydrogen) atoms. The van der Waals surface area contributed by atoms with Gasteiger partial charge in [0.05, 0.1) is 24.4 Å². The molecule has 3 N–H and O–H groups in total. The minimum atomic E-state index is -4.87. The third kappa shape index (κ3) is 4.16. The number of aliphatic hydroxyl groups excluding tert-OH is 2. The topological polar surface area (TPSA) is 103 Å². The van der Waals surface area contributed by atoms with Crippen LogP contribution in [0.15, 0.2) is 58.7 Å². The van der Waals surface area contributed by atoms with Crippen molar-refractivity contribution in [3.63, 3.8) is 0 Å². The molecule has 0 saturated carbocycles. The van der Waals surface area contributed by atoms with Crippen molar-refractivity contribution < 1.29 is 42.4 Å². The summed E-state index contributed by atoms with van der Waals surface area (Å²) in [6, 6.07) is 8.84. The van der Waals surface area contributed by atoms with Gasteiger partial charge in [0, 0.05) is 12.0 Å². The molecule has 0 spiro atoms. The van der Waals surface area contributed by atoms with Crippen LogP contribution in [0.2, 0.25) is 0 Å². The van der Waals surface area contributed by atoms with E-state index >= 15 is 0 Å². The summed E-state index contributed by atoms with van der Waals surface area (Å²) in [7, 11) is 0. The van der Waals surface area contributed by atoms with Crippen molar-refractivity contribution in [2.75, 3.05) is 11.6 Å². The number of carbonyl (C=O) groups is 1. The second-order valence-corrected chi connectivity index (χ2v) is 7.26. The third-order valence-electron chi connectivity index (χ3n) is 5.15. The number of benzene rings is 2. The van der Waals surface area contributed by atoms with Gasteiger partial charge in [0.1, 0.15) is 11.6 Å². The number of anilines is 1. The Bertz CT molecular complexity index is 1150. The smallest absolute Gasteiger partial charge is 0.476 e. The number of rotatable bonds is 4. The average molecular weight is 452 g/mol. The molecule has 4 rings (SSSR count). The maximum atomic E-state index is 14.9. The van der Waals surface area contributed by atoms with E-state index in [0.29, 0.717) is 0 Å². The fourth-order valence-corrected chi connectivity index (χ4v) is 3.80. The van der Waals surface area contributed by atoms with E-state index in [2.05, 4.69) is 9.84 Å². The number of aliphatic hydroxyl groups is 2. The summed E-state index contributed by atoms with van der Waals surface area (Å²) >= 11 is 0. The fraction of sp³-hybridized carbons (Fsp3) is 0.238. The molecule has 0 aromatic heterocycles. The van der Waals surface area contributed by atoms with Gasteiger partial charge in [-0.1, -0.05) is 18.2 Å². The van der Waals surface area contributed by atoms with E-state index in [9.17, 15) is 37.7 Å². The molecule has 7 nitrogen and oxygen atoms in total. The molecule has 0 saturated heterocycles. The van der Waals surface area contributed by atoms with E-state index < -0.39 is 41.8 Å². The number of carboxylic acids is 1. The van der Waals surface area contributed by atoms with Crippen LogP contribution in [0.1, 0.15) is 6.42 Å². The summed E-state index contributed by atoms with van der Waals surface area (Å²) in [4.78, 5) is 11.6. The van der Waals surface area contributed by atoms with E-state index in [0.717, 1.165) is 23.2 Å². The van der Waals surface area contributed by atoms with Crippen LogP contribution >= 0.6 is 0 Å². The highest BCUT2D eigenvalue weighted by Gasteiger charge is 2.40. The maximum absolute atomic E-state index is 14.9. The van der Waals surface area contributed by atoms with Crippen LogP contribution in [0.3, 0.4) is 0 Å². The molecule has 0 amide bonds. The minimum absolute atomic E-state index is 0.0276. The van der Waals surface area contributed by atoms with Crippen molar-refractivity contribution in [3.8, 4) is 16.9 Å². The molecule has 2 aromatic rings. The Kier molecular flexibility index (Phi) is 5.39. The van der Waals surface area contributed by atoms with Gasteiger partial charge in [0.2, 0.25) is 0 Å². The Morgan fingerprint density at radius 1 is 1.09 bits per heavy atom. The van der Waals surface area contributed by atoms with Gasteiger partial charge in [-0.05, 0) is 41.0 Å². The lowest BCUT2D eigenvalue weighted by atomic mass is 10.0. The van der Waals surface area contributed by atoms with Crippen LogP contribution in [0.25, 0.3) is 11.1 Å². The SMILES string of the molecule is O=C(O)C1=NN(c2ccc(-c3cccc(OC(F)(F)F)c3)cc2F)CC2=C1C(O)CC2O. The quantitative estimate of drug-likeness (QED) is 0.617. The van der Waals surface area contributed by atoms with Crippen molar-refractivity contribution in [2.24, 2.45) is 5.10 Å². The van der Waals surface area contributed by atoms with Crippen LogP contribution in [0, 0.1) is 5.82 Å². The highest BCUT2D eigenvalue weighted by Crippen LogP contribution is 2.36. The van der Waals surface area contributed by atoms with E-state index in [-0.39, 0.29) is 40.9 Å². The molecule has 2 aromatic carbocycles. The lowest BCUT2D eigenvalue weighted by molar-refractivity contribution is -0.274. The number of ether oxygens (including phenoxy) is 1. The van der Waals surface area contributed by atoms with Gasteiger partial charge >= 0.3 is 12.3 Å². The summed E-state index contributed by atoms with van der Waals surface area (Å²) in [6.45, 7) is -0.129. The molecule has 1 aliphatic carbocycles. The zero-order chi connectivity index (χ0) is 23.2. The van der Waals surface area contributed by atoms with Crippen LogP contribution in [0.5, 0.6) is 5.75 Å². The summed E-state index contributed by atoms with van der Waals surface area (Å²) in [5.74, 6) is -2.71. The Morgan fingerprint density at radius 2 is 1.81 bits per heavy atom. The average Bonchev–Trinajstić information content (AvgIpc) is 2.99. The van der Waals surface area contributed by atoms with E-state index in [1.165, 1.54) is 24.3 Å². The number of hydrogen-bond donors (Lipinski definition) is 3. The minimum Gasteiger partial charge on any atom is -0.476 e. The molecule has 0 fully saturated rings. The van der Waals surface area contributed by atoms with Gasteiger partial charge in [0.15, 0.2) is 5.71 Å². The Balaban J connectivity index is 1.66. The summed E-state index contributed by atoms with van der Waals surface area (Å²) < 4.78 is 56.2. The second kappa shape index (κ2) is 7.92. The summed E-state index contributed by atoms with van der Waals surface area (Å²) in [5, 5.41) is 34.6. The molecular weight excluding hydrogens is 436 g/mol. The molecule has 1 aliphatic heterocycles. The van der Waals surface area contributed by atoms with Gasteiger partial charge in [0.25, 0.3) is 0 Å². The Hall–Kier alpha value is -3.44. The van der Waals surface area contributed by atoms with Gasteiger partial charge in [-0.25, -0.2) is 9.18 Å². The van der Waals surface area contributed by atoms with E-state index in [1.54, 1.807) is 0 Å². The number of hydrazone groups is 1. The predicted molar refractivity (Wildman–Crippen MR) is 105 cm³/mol. The molecule has 2 unspecified atom stereocenters. The lowest BCUT2D eigenvalue weighted by Crippen LogP contribution is -2.35. The Labute approximate surface area is 178 Å². The molecule has 2 atom stereocenters. The number of alkyl halides is 3. The van der Waals surface area contributed by atoms with Crippen molar-refractivity contribution in [2.45, 2.75) is 25.0 Å². The van der Waals surface area contributed by atoms with Crippen molar-refractivity contribution in [1.29, 1.82) is 0 Å². The van der Waals surface area contributed by atoms with Crippen LogP contribution in [0.4, 0.5) is 23.2 Å². The number of aliphatic carboxylic acids is 1. The molecule has 2 aliphatic rings. The first kappa shape index (κ1) is 21.8. The molecule has 168 valence electrons. The van der Waals surface area contributed by atoms with Crippen LogP contribution < -0.4 is 9.75 Å². The monoisotopic (exact) mass is 452 g/mol. The normalized spacial score (nSPS) is 20.8. The second-order valence-electron chi connectivity index (χ2n) is 7.26. The Morgan fingerprint density at radius 3 is 2.47 bits per heavy atom. The standard InChI is InChI=1S/C21H16F4N2O5/c22-14-7-11(10-2-1-3-12(6-10)32-21(23,24)25)4-5-15(14)27-9-13-16(28)8-17(29)18(13)19(26-27)20(30)31/h1-7,16-17,28-29H,8-9H2,(H,30,31). The fourth-order valence-electron chi connectivity index (χ4n) is 3.80. The highest BCUT2D eigenvalue weighted by atomic mass is 19.4. The number of halogens is 4. The van der Waals surface area contributed by atoms with Gasteiger partial charge in [-0.15, -0.1) is 13.2 Å². The van der Waals surface area contributed by atoms with Crippen molar-refractivity contribution >= 4 is 17.4 Å². The molecule has 0 bridgehead atoms. The number of nitrogens with zero attached hydrogens (tertiary/aromatic N) is 2. The van der Waals surface area contributed by atoms with Gasteiger partial charge in [-0.3, -0.25) is 5.01 Å². The zero-order valence-electron chi connectivity index (χ0n) is 16.2.